The number of sulfone groups is 1. The largest absolute Gasteiger partial charge is 0.320 e. The third-order valence-electron chi connectivity index (χ3n) is 7.01. The zero-order valence-corrected chi connectivity index (χ0v) is 21.5. The Morgan fingerprint density at radius 1 is 0.838 bits per heavy atom. The van der Waals surface area contributed by atoms with E-state index in [0.717, 1.165) is 19.6 Å². The maximum Gasteiger partial charge on any atom is 0.257 e. The molecule has 1 N–H and O–H groups in total. The van der Waals surface area contributed by atoms with Gasteiger partial charge in [-0.15, -0.1) is 0 Å². The first-order chi connectivity index (χ1) is 17.9. The van der Waals surface area contributed by atoms with E-state index in [0.29, 0.717) is 34.6 Å². The molecule has 0 unspecified atom stereocenters. The molecule has 0 radical (unpaired) electrons. The third-order valence-corrected chi connectivity index (χ3v) is 8.82. The van der Waals surface area contributed by atoms with Crippen LogP contribution in [0.1, 0.15) is 41.6 Å². The van der Waals surface area contributed by atoms with Crippen molar-refractivity contribution in [2.24, 2.45) is 0 Å². The van der Waals surface area contributed by atoms with Gasteiger partial charge in [0.05, 0.1) is 39.7 Å². The van der Waals surface area contributed by atoms with Crippen molar-refractivity contribution in [3.63, 3.8) is 0 Å². The lowest BCUT2D eigenvalue weighted by atomic mass is 10.1. The fourth-order valence-electron chi connectivity index (χ4n) is 5.07. The highest BCUT2D eigenvalue weighted by atomic mass is 32.2. The highest BCUT2D eigenvalue weighted by molar-refractivity contribution is 7.91. The van der Waals surface area contributed by atoms with Gasteiger partial charge in [0.1, 0.15) is 0 Å². The average Bonchev–Trinajstić information content (AvgIpc) is 3.03. The first-order valence-electron chi connectivity index (χ1n) is 12.8. The molecule has 7 nitrogen and oxygen atoms in total. The van der Waals surface area contributed by atoms with E-state index in [1.54, 1.807) is 65.6 Å². The van der Waals surface area contributed by atoms with Crippen LogP contribution in [0.2, 0.25) is 0 Å². The molecule has 2 amide bonds. The van der Waals surface area contributed by atoms with Crippen molar-refractivity contribution < 1.29 is 18.0 Å². The fourth-order valence-corrected chi connectivity index (χ4v) is 6.37. The van der Waals surface area contributed by atoms with Gasteiger partial charge in [-0.05, 0) is 80.9 Å². The van der Waals surface area contributed by atoms with Crippen LogP contribution < -0.4 is 10.2 Å². The van der Waals surface area contributed by atoms with Crippen LogP contribution >= 0.6 is 0 Å². The number of fused-ring (bicyclic) bond motifs is 2. The summed E-state index contributed by atoms with van der Waals surface area (Å²) in [5, 5.41) is 2.89. The molecule has 3 aromatic carbocycles. The fraction of sp³-hybridized carbons (Fsp3) is 0.310. The number of hydrogen-bond acceptors (Lipinski definition) is 5. The lowest BCUT2D eigenvalue weighted by molar-refractivity contribution is -0.117. The Morgan fingerprint density at radius 3 is 2.27 bits per heavy atom. The Kier molecular flexibility index (Phi) is 7.39. The van der Waals surface area contributed by atoms with E-state index in [-0.39, 0.29) is 28.9 Å². The molecule has 0 saturated carbocycles. The van der Waals surface area contributed by atoms with Gasteiger partial charge in [0.15, 0.2) is 9.84 Å². The van der Waals surface area contributed by atoms with E-state index in [9.17, 15) is 18.0 Å². The summed E-state index contributed by atoms with van der Waals surface area (Å²) in [6.07, 6.45) is 4.31. The molecule has 3 aromatic rings. The van der Waals surface area contributed by atoms with Gasteiger partial charge in [-0.1, -0.05) is 42.8 Å². The second-order valence-corrected chi connectivity index (χ2v) is 11.7. The number of rotatable bonds is 7. The van der Waals surface area contributed by atoms with Crippen molar-refractivity contribution in [1.82, 2.24) is 4.90 Å². The molecule has 1 fully saturated rings. The molecule has 5 rings (SSSR count). The average molecular weight is 518 g/mol. The van der Waals surface area contributed by atoms with Gasteiger partial charge in [-0.2, -0.15) is 0 Å². The third kappa shape index (κ3) is 5.60. The first-order valence-corrected chi connectivity index (χ1v) is 14.4. The maximum atomic E-state index is 13.6. The van der Waals surface area contributed by atoms with Gasteiger partial charge in [-0.25, -0.2) is 8.42 Å². The Hall–Kier alpha value is -3.49. The molecule has 1 saturated heterocycles. The predicted molar refractivity (Wildman–Crippen MR) is 145 cm³/mol. The van der Waals surface area contributed by atoms with Crippen LogP contribution in [0.5, 0.6) is 0 Å². The summed E-state index contributed by atoms with van der Waals surface area (Å²) in [5.74, 6) is -0.369. The molecule has 37 heavy (non-hydrogen) atoms. The van der Waals surface area contributed by atoms with E-state index in [4.69, 9.17) is 0 Å². The van der Waals surface area contributed by atoms with Crippen LogP contribution in [0.3, 0.4) is 0 Å². The first kappa shape index (κ1) is 25.2. The highest BCUT2D eigenvalue weighted by Gasteiger charge is 2.29. The van der Waals surface area contributed by atoms with E-state index in [1.165, 1.54) is 19.3 Å². The molecular weight excluding hydrogens is 486 g/mol. The van der Waals surface area contributed by atoms with Gasteiger partial charge >= 0.3 is 0 Å². The number of nitrogens with one attached hydrogen (secondary N) is 1. The molecule has 0 spiro atoms. The zero-order chi connectivity index (χ0) is 25.8. The smallest absolute Gasteiger partial charge is 0.257 e. The number of para-hydroxylation sites is 3. The van der Waals surface area contributed by atoms with Crippen molar-refractivity contribution in [3.8, 4) is 0 Å². The van der Waals surface area contributed by atoms with Crippen molar-refractivity contribution in [3.05, 3.63) is 83.9 Å². The molecule has 2 aliphatic rings. The lowest BCUT2D eigenvalue weighted by Crippen LogP contribution is -2.31. The quantitative estimate of drug-likeness (QED) is 0.486. The summed E-state index contributed by atoms with van der Waals surface area (Å²) in [6.45, 7) is 2.92. The van der Waals surface area contributed by atoms with Crippen LogP contribution in [-0.4, -0.2) is 50.5 Å². The van der Waals surface area contributed by atoms with E-state index in [2.05, 4.69) is 10.2 Å². The van der Waals surface area contributed by atoms with E-state index in [1.807, 2.05) is 12.1 Å². The number of nitrogens with zero attached hydrogens (tertiary/aromatic N) is 2. The summed E-state index contributed by atoms with van der Waals surface area (Å²) in [4.78, 5) is 30.6. The number of carbonyl (C=O) groups is 2. The maximum absolute atomic E-state index is 13.6. The van der Waals surface area contributed by atoms with Gasteiger partial charge in [0.2, 0.25) is 5.91 Å². The minimum absolute atomic E-state index is 0.0617. The van der Waals surface area contributed by atoms with E-state index < -0.39 is 9.84 Å². The van der Waals surface area contributed by atoms with Crippen molar-refractivity contribution >= 4 is 38.7 Å². The number of hydrogen-bond donors (Lipinski definition) is 1. The minimum Gasteiger partial charge on any atom is -0.320 e. The standard InChI is InChI=1S/C29H31N3O4S/c33-28(32-26-11-4-2-9-24(26)29(34)30-25-10-3-5-12-27(25)32)21-22-13-15-23(16-14-22)37(35,36)20-8-19-31-17-6-1-7-18-31/h2-5,9-16H,1,6-8,17-21H2,(H,30,34). The molecule has 0 bridgehead atoms. The summed E-state index contributed by atoms with van der Waals surface area (Å²) in [7, 11) is -3.39. The number of anilines is 3. The molecule has 0 aliphatic carbocycles. The van der Waals surface area contributed by atoms with Gasteiger partial charge in [0.25, 0.3) is 5.91 Å². The molecule has 192 valence electrons. The molecule has 2 heterocycles. The number of amides is 2. The molecule has 2 aliphatic heterocycles. The Labute approximate surface area is 218 Å². The molecule has 0 aromatic heterocycles. The topological polar surface area (TPSA) is 86.8 Å². The molecule has 8 heteroatoms. The summed E-state index contributed by atoms with van der Waals surface area (Å²) < 4.78 is 25.7. The van der Waals surface area contributed by atoms with Crippen LogP contribution in [0.4, 0.5) is 17.1 Å². The Bertz CT molecular complexity index is 1400. The van der Waals surface area contributed by atoms with Crippen molar-refractivity contribution in [2.75, 3.05) is 35.6 Å². The number of benzene rings is 3. The van der Waals surface area contributed by atoms with Crippen LogP contribution in [0.25, 0.3) is 0 Å². The van der Waals surface area contributed by atoms with Gasteiger partial charge in [-0.3, -0.25) is 14.5 Å². The number of carbonyl (C=O) groups excluding carboxylic acids is 2. The second kappa shape index (κ2) is 10.9. The normalized spacial score (nSPS) is 15.9. The SMILES string of the molecule is O=C1Nc2ccccc2N(C(=O)Cc2ccc(S(=O)(=O)CCCN3CCCCC3)cc2)c2ccccc21. The Balaban J connectivity index is 1.31. The predicted octanol–water partition coefficient (Wildman–Crippen LogP) is 4.81. The summed E-state index contributed by atoms with van der Waals surface area (Å²) in [5.41, 5.74) is 2.79. The van der Waals surface area contributed by atoms with Gasteiger partial charge < -0.3 is 10.2 Å². The zero-order valence-electron chi connectivity index (χ0n) is 20.7. The molecule has 0 atom stereocenters. The summed E-state index contributed by atoms with van der Waals surface area (Å²) in [6, 6.07) is 20.8. The minimum atomic E-state index is -3.39. The van der Waals surface area contributed by atoms with E-state index >= 15 is 0 Å². The van der Waals surface area contributed by atoms with Crippen molar-refractivity contribution in [2.45, 2.75) is 37.0 Å². The Morgan fingerprint density at radius 2 is 1.51 bits per heavy atom. The van der Waals surface area contributed by atoms with Crippen LogP contribution in [0.15, 0.2) is 77.7 Å². The number of piperidine rings is 1. The van der Waals surface area contributed by atoms with Gasteiger partial charge in [0, 0.05) is 0 Å². The second-order valence-electron chi connectivity index (χ2n) is 9.61. The van der Waals surface area contributed by atoms with Crippen LogP contribution in [0, 0.1) is 0 Å². The summed E-state index contributed by atoms with van der Waals surface area (Å²) >= 11 is 0. The number of likely N-dealkylation sites (tertiary alicyclic amines) is 1. The molecular formula is C29H31N3O4S. The van der Waals surface area contributed by atoms with Crippen molar-refractivity contribution in [1.29, 1.82) is 0 Å². The lowest BCUT2D eigenvalue weighted by Gasteiger charge is -2.26. The monoisotopic (exact) mass is 517 g/mol. The van der Waals surface area contributed by atoms with Crippen LogP contribution in [-0.2, 0) is 21.1 Å². The highest BCUT2D eigenvalue weighted by Crippen LogP contribution is 2.38.